The van der Waals surface area contributed by atoms with Gasteiger partial charge in [-0.15, -0.1) is 0 Å². The number of halogens is 5. The summed E-state index contributed by atoms with van der Waals surface area (Å²) in [4.78, 5) is 0. The Labute approximate surface area is 123 Å². The average Bonchev–Trinajstić information content (AvgIpc) is 2.47. The van der Waals surface area contributed by atoms with Crippen LogP contribution in [-0.2, 0) is 5.92 Å². The van der Waals surface area contributed by atoms with Crippen LogP contribution in [0.2, 0.25) is 0 Å². The van der Waals surface area contributed by atoms with Crippen molar-refractivity contribution in [3.05, 3.63) is 65.7 Å². The molecule has 0 fully saturated rings. The molecule has 0 amide bonds. The summed E-state index contributed by atoms with van der Waals surface area (Å²) in [5.74, 6) is -4.90. The predicted molar refractivity (Wildman–Crippen MR) is 74.0 cm³/mol. The van der Waals surface area contributed by atoms with Crippen LogP contribution in [0.5, 0.6) is 0 Å². The lowest BCUT2D eigenvalue weighted by Crippen LogP contribution is -2.33. The molecule has 0 unspecified atom stereocenters. The minimum atomic E-state index is -5.63. The van der Waals surface area contributed by atoms with Crippen molar-refractivity contribution in [3.8, 4) is 0 Å². The fourth-order valence-electron chi connectivity index (χ4n) is 1.67. The third-order valence-electron chi connectivity index (χ3n) is 2.79. The molecule has 0 aliphatic heterocycles. The van der Waals surface area contributed by atoms with Crippen molar-refractivity contribution in [2.45, 2.75) is 12.1 Å². The first kappa shape index (κ1) is 15.9. The van der Waals surface area contributed by atoms with Crippen molar-refractivity contribution >= 4 is 11.9 Å². The SMILES string of the molecule is FC(F)(F)C(F)(F)c1cccc(C=NNc2ccccc2)c1. The number of hydrazone groups is 1. The van der Waals surface area contributed by atoms with Crippen LogP contribution >= 0.6 is 0 Å². The molecule has 22 heavy (non-hydrogen) atoms. The number of anilines is 1. The Balaban J connectivity index is 2.15. The Hall–Kier alpha value is -2.44. The molecule has 116 valence electrons. The highest BCUT2D eigenvalue weighted by Gasteiger charge is 2.58. The van der Waals surface area contributed by atoms with Gasteiger partial charge < -0.3 is 0 Å². The van der Waals surface area contributed by atoms with E-state index in [0.29, 0.717) is 5.69 Å². The summed E-state index contributed by atoms with van der Waals surface area (Å²) in [7, 11) is 0. The molecule has 2 aromatic rings. The van der Waals surface area contributed by atoms with E-state index in [9.17, 15) is 22.0 Å². The van der Waals surface area contributed by atoms with Gasteiger partial charge in [0.05, 0.1) is 11.9 Å². The second-order valence-corrected chi connectivity index (χ2v) is 4.43. The molecule has 2 rings (SSSR count). The normalized spacial score (nSPS) is 12.6. The molecular weight excluding hydrogens is 303 g/mol. The van der Waals surface area contributed by atoms with Crippen LogP contribution in [0.3, 0.4) is 0 Å². The topological polar surface area (TPSA) is 24.4 Å². The molecule has 0 bridgehead atoms. The van der Waals surface area contributed by atoms with Crippen LogP contribution in [0.25, 0.3) is 0 Å². The minimum Gasteiger partial charge on any atom is -0.279 e. The fraction of sp³-hybridized carbons (Fsp3) is 0.133. The van der Waals surface area contributed by atoms with Gasteiger partial charge in [-0.1, -0.05) is 36.4 Å². The highest BCUT2D eigenvalue weighted by molar-refractivity contribution is 5.80. The summed E-state index contributed by atoms with van der Waals surface area (Å²) in [5.41, 5.74) is 2.31. The van der Waals surface area contributed by atoms with Gasteiger partial charge in [-0.3, -0.25) is 5.43 Å². The molecule has 0 saturated heterocycles. The van der Waals surface area contributed by atoms with E-state index < -0.39 is 17.7 Å². The Morgan fingerprint density at radius 3 is 2.18 bits per heavy atom. The molecular formula is C15H11F5N2. The molecule has 0 atom stereocenters. The first-order valence-electron chi connectivity index (χ1n) is 6.20. The fourth-order valence-corrected chi connectivity index (χ4v) is 1.67. The van der Waals surface area contributed by atoms with Crippen molar-refractivity contribution in [2.24, 2.45) is 5.10 Å². The van der Waals surface area contributed by atoms with Crippen LogP contribution in [0.1, 0.15) is 11.1 Å². The van der Waals surface area contributed by atoms with Crippen molar-refractivity contribution < 1.29 is 22.0 Å². The number of hydrogen-bond donors (Lipinski definition) is 1. The molecule has 0 saturated carbocycles. The minimum absolute atomic E-state index is 0.129. The van der Waals surface area contributed by atoms with E-state index in [2.05, 4.69) is 10.5 Å². The number of para-hydroxylation sites is 1. The maximum Gasteiger partial charge on any atom is 0.458 e. The molecule has 2 aromatic carbocycles. The molecule has 0 aromatic heterocycles. The zero-order chi connectivity index (χ0) is 16.2. The lowest BCUT2D eigenvalue weighted by atomic mass is 10.1. The largest absolute Gasteiger partial charge is 0.458 e. The van der Waals surface area contributed by atoms with Crippen molar-refractivity contribution in [2.75, 3.05) is 5.43 Å². The Bertz CT molecular complexity index is 650. The van der Waals surface area contributed by atoms with Crippen LogP contribution in [0, 0.1) is 0 Å². The van der Waals surface area contributed by atoms with Gasteiger partial charge in [-0.25, -0.2) is 0 Å². The number of hydrogen-bond acceptors (Lipinski definition) is 2. The molecule has 0 aliphatic carbocycles. The summed E-state index contributed by atoms with van der Waals surface area (Å²) >= 11 is 0. The third-order valence-corrected chi connectivity index (χ3v) is 2.79. The van der Waals surface area contributed by atoms with Crippen LogP contribution in [0.4, 0.5) is 27.6 Å². The van der Waals surface area contributed by atoms with E-state index in [1.807, 2.05) is 0 Å². The van der Waals surface area contributed by atoms with E-state index in [1.54, 1.807) is 30.3 Å². The lowest BCUT2D eigenvalue weighted by molar-refractivity contribution is -0.289. The Morgan fingerprint density at radius 1 is 0.864 bits per heavy atom. The second kappa shape index (κ2) is 6.13. The van der Waals surface area contributed by atoms with Gasteiger partial charge in [0.15, 0.2) is 0 Å². The Kier molecular flexibility index (Phi) is 4.44. The molecule has 0 radical (unpaired) electrons. The molecule has 0 heterocycles. The maximum absolute atomic E-state index is 13.2. The van der Waals surface area contributed by atoms with E-state index in [0.717, 1.165) is 18.2 Å². The predicted octanol–water partition coefficient (Wildman–Crippen LogP) is 4.79. The van der Waals surface area contributed by atoms with Crippen molar-refractivity contribution in [1.82, 2.24) is 0 Å². The summed E-state index contributed by atoms with van der Waals surface area (Å²) in [6.45, 7) is 0. The number of nitrogens with one attached hydrogen (secondary N) is 1. The third kappa shape index (κ3) is 3.60. The highest BCUT2D eigenvalue weighted by Crippen LogP contribution is 2.43. The van der Waals surface area contributed by atoms with Crippen LogP contribution in [-0.4, -0.2) is 12.4 Å². The molecule has 1 N–H and O–H groups in total. The number of nitrogens with zero attached hydrogens (tertiary/aromatic N) is 1. The van der Waals surface area contributed by atoms with E-state index >= 15 is 0 Å². The first-order valence-corrected chi connectivity index (χ1v) is 6.20. The zero-order valence-corrected chi connectivity index (χ0v) is 11.1. The van der Waals surface area contributed by atoms with Crippen LogP contribution in [0.15, 0.2) is 59.7 Å². The summed E-state index contributed by atoms with van der Waals surface area (Å²) in [6.07, 6.45) is -4.46. The molecule has 7 heteroatoms. The quantitative estimate of drug-likeness (QED) is 0.490. The van der Waals surface area contributed by atoms with Crippen molar-refractivity contribution in [3.63, 3.8) is 0 Å². The van der Waals surface area contributed by atoms with Gasteiger partial charge in [-0.2, -0.15) is 27.1 Å². The van der Waals surface area contributed by atoms with E-state index in [4.69, 9.17) is 0 Å². The molecule has 0 spiro atoms. The summed E-state index contributed by atoms with van der Waals surface area (Å²) in [5, 5.41) is 3.80. The Morgan fingerprint density at radius 2 is 1.55 bits per heavy atom. The zero-order valence-electron chi connectivity index (χ0n) is 11.1. The highest BCUT2D eigenvalue weighted by atomic mass is 19.4. The average molecular weight is 314 g/mol. The van der Waals surface area contributed by atoms with E-state index in [-0.39, 0.29) is 5.56 Å². The maximum atomic E-state index is 13.2. The van der Waals surface area contributed by atoms with Crippen molar-refractivity contribution in [1.29, 1.82) is 0 Å². The van der Waals surface area contributed by atoms with Gasteiger partial charge in [-0.05, 0) is 23.8 Å². The standard InChI is InChI=1S/C15H11F5N2/c16-14(17,15(18,19)20)12-6-4-5-11(9-12)10-21-22-13-7-2-1-3-8-13/h1-10,22H. The number of rotatable bonds is 4. The van der Waals surface area contributed by atoms with Gasteiger partial charge in [0.1, 0.15) is 0 Å². The first-order chi connectivity index (χ1) is 10.3. The van der Waals surface area contributed by atoms with Gasteiger partial charge >= 0.3 is 12.1 Å². The summed E-state index contributed by atoms with van der Waals surface area (Å²) in [6, 6.07) is 12.8. The summed E-state index contributed by atoms with van der Waals surface area (Å²) < 4.78 is 63.5. The van der Waals surface area contributed by atoms with Crippen LogP contribution < -0.4 is 5.43 Å². The number of benzene rings is 2. The van der Waals surface area contributed by atoms with Gasteiger partial charge in [0, 0.05) is 5.56 Å². The van der Waals surface area contributed by atoms with E-state index in [1.165, 1.54) is 12.3 Å². The lowest BCUT2D eigenvalue weighted by Gasteiger charge is -2.19. The van der Waals surface area contributed by atoms with Gasteiger partial charge in [0.25, 0.3) is 0 Å². The number of alkyl halides is 5. The molecule has 2 nitrogen and oxygen atoms in total. The smallest absolute Gasteiger partial charge is 0.279 e. The second-order valence-electron chi connectivity index (χ2n) is 4.43. The van der Waals surface area contributed by atoms with Gasteiger partial charge in [0.2, 0.25) is 0 Å². The molecule has 0 aliphatic rings. The monoisotopic (exact) mass is 314 g/mol.